The number of nitrogens with zero attached hydrogens (tertiary/aromatic N) is 3. The summed E-state index contributed by atoms with van der Waals surface area (Å²) in [5.41, 5.74) is 6.91. The number of hydrogen-bond donors (Lipinski definition) is 0. The van der Waals surface area contributed by atoms with E-state index < -0.39 is 5.60 Å². The summed E-state index contributed by atoms with van der Waals surface area (Å²) in [6.07, 6.45) is 3.62. The molecule has 1 saturated heterocycles. The number of rotatable bonds is 5. The fourth-order valence-corrected chi connectivity index (χ4v) is 7.00. The fraction of sp³-hybridized carbons (Fsp3) is 0.515. The van der Waals surface area contributed by atoms with Gasteiger partial charge in [0.1, 0.15) is 12.2 Å². The van der Waals surface area contributed by atoms with E-state index >= 15 is 0 Å². The van der Waals surface area contributed by atoms with E-state index in [0.29, 0.717) is 35.7 Å². The third kappa shape index (κ3) is 4.58. The topological polar surface area (TPSA) is 56.6 Å². The number of fused-ring (bicyclic) bond motifs is 5. The molecule has 0 bridgehead atoms. The molecule has 40 heavy (non-hydrogen) atoms. The van der Waals surface area contributed by atoms with E-state index in [1.165, 1.54) is 18.4 Å². The Bertz CT molecular complexity index is 1570. The average Bonchev–Trinajstić information content (AvgIpc) is 3.21. The van der Waals surface area contributed by atoms with Crippen LogP contribution in [0.1, 0.15) is 81.2 Å². The number of ether oxygens (including phenoxy) is 2. The van der Waals surface area contributed by atoms with Gasteiger partial charge in [0.25, 0.3) is 5.56 Å². The molecule has 3 aromatic rings. The van der Waals surface area contributed by atoms with Crippen molar-refractivity contribution in [2.75, 3.05) is 13.1 Å². The molecule has 0 saturated carbocycles. The Balaban J connectivity index is 1.57. The van der Waals surface area contributed by atoms with Crippen molar-refractivity contribution in [1.29, 1.82) is 0 Å². The van der Waals surface area contributed by atoms with Crippen LogP contribution in [-0.4, -0.2) is 33.6 Å². The summed E-state index contributed by atoms with van der Waals surface area (Å²) in [5, 5.41) is 1.84. The lowest BCUT2D eigenvalue weighted by Crippen LogP contribution is -2.36. The first-order chi connectivity index (χ1) is 19.1. The standard InChI is InChI=1S/C33H40ClN3O3/c1-7-33(40-19(2)3)15-22(6)39-18-26-27(33)13-30-31-25(17-37(30)32(26)38)24(16-36-10-8-20(4)9-11-36)23-12-21(5)28(34)14-29(23)35-31/h12-14,19-20H,6-11,15-18H2,1-5H3/t33-/m1/s1. The maximum atomic E-state index is 14.2. The van der Waals surface area contributed by atoms with Crippen LogP contribution in [0.5, 0.6) is 0 Å². The predicted molar refractivity (Wildman–Crippen MR) is 161 cm³/mol. The minimum atomic E-state index is -0.681. The van der Waals surface area contributed by atoms with Gasteiger partial charge >= 0.3 is 0 Å². The number of likely N-dealkylation sites (tertiary alicyclic amines) is 1. The van der Waals surface area contributed by atoms with Gasteiger partial charge in [-0.2, -0.15) is 0 Å². The molecule has 0 amide bonds. The third-order valence-corrected chi connectivity index (χ3v) is 9.54. The van der Waals surface area contributed by atoms with Crippen LogP contribution >= 0.6 is 11.6 Å². The summed E-state index contributed by atoms with van der Waals surface area (Å²) in [6.45, 7) is 18.4. The van der Waals surface area contributed by atoms with Crippen molar-refractivity contribution in [3.8, 4) is 11.4 Å². The molecule has 7 heteroatoms. The largest absolute Gasteiger partial charge is 0.494 e. The van der Waals surface area contributed by atoms with Gasteiger partial charge in [-0.1, -0.05) is 32.0 Å². The number of aryl methyl sites for hydroxylation is 1. The highest BCUT2D eigenvalue weighted by Gasteiger charge is 2.41. The zero-order chi connectivity index (χ0) is 28.3. The van der Waals surface area contributed by atoms with E-state index in [9.17, 15) is 4.79 Å². The van der Waals surface area contributed by atoms with E-state index in [1.807, 2.05) is 31.4 Å². The van der Waals surface area contributed by atoms with Gasteiger partial charge in [0.05, 0.1) is 40.9 Å². The SMILES string of the molecule is C=C1C[C@@](CC)(OC(C)C)c2cc3n(c(=O)c2CO1)Cc1c-3nc2cc(Cl)c(C)cc2c1CN1CCC(C)CC1. The monoisotopic (exact) mass is 561 g/mol. The normalized spacial score (nSPS) is 21.3. The maximum Gasteiger partial charge on any atom is 0.258 e. The van der Waals surface area contributed by atoms with Gasteiger partial charge in [0, 0.05) is 28.9 Å². The molecule has 1 fully saturated rings. The Morgan fingerprint density at radius 3 is 2.67 bits per heavy atom. The molecule has 0 N–H and O–H groups in total. The van der Waals surface area contributed by atoms with Crippen LogP contribution in [0.2, 0.25) is 5.02 Å². The number of hydrogen-bond acceptors (Lipinski definition) is 5. The van der Waals surface area contributed by atoms with Crippen molar-refractivity contribution >= 4 is 22.5 Å². The number of aromatic nitrogens is 2. The van der Waals surface area contributed by atoms with Gasteiger partial charge < -0.3 is 14.0 Å². The first-order valence-corrected chi connectivity index (χ1v) is 15.1. The van der Waals surface area contributed by atoms with Gasteiger partial charge in [-0.25, -0.2) is 4.98 Å². The lowest BCUT2D eigenvalue weighted by atomic mass is 9.84. The summed E-state index contributed by atoms with van der Waals surface area (Å²) in [6, 6.07) is 6.30. The highest BCUT2D eigenvalue weighted by atomic mass is 35.5. The van der Waals surface area contributed by atoms with E-state index in [1.54, 1.807) is 0 Å². The summed E-state index contributed by atoms with van der Waals surface area (Å²) in [4.78, 5) is 21.9. The van der Waals surface area contributed by atoms with Crippen molar-refractivity contribution in [2.24, 2.45) is 5.92 Å². The zero-order valence-corrected chi connectivity index (χ0v) is 25.2. The highest BCUT2D eigenvalue weighted by molar-refractivity contribution is 6.32. The number of pyridine rings is 2. The van der Waals surface area contributed by atoms with Gasteiger partial charge in [-0.05, 0) is 93.9 Å². The summed E-state index contributed by atoms with van der Waals surface area (Å²) >= 11 is 6.61. The van der Waals surface area contributed by atoms with Gasteiger partial charge in [0.2, 0.25) is 0 Å². The summed E-state index contributed by atoms with van der Waals surface area (Å²) in [7, 11) is 0. The van der Waals surface area contributed by atoms with Crippen molar-refractivity contribution in [3.05, 3.63) is 73.7 Å². The minimum absolute atomic E-state index is 0.0201. The molecule has 0 spiro atoms. The number of halogens is 1. The number of piperidine rings is 1. The Morgan fingerprint density at radius 2 is 1.98 bits per heavy atom. The second-order valence-electron chi connectivity index (χ2n) is 12.3. The molecule has 212 valence electrons. The van der Waals surface area contributed by atoms with Crippen LogP contribution in [0, 0.1) is 12.8 Å². The maximum absolute atomic E-state index is 14.2. The van der Waals surface area contributed by atoms with Crippen molar-refractivity contribution in [3.63, 3.8) is 0 Å². The molecule has 1 aromatic carbocycles. The second kappa shape index (κ2) is 10.3. The van der Waals surface area contributed by atoms with Crippen LogP contribution in [0.15, 0.2) is 35.3 Å². The van der Waals surface area contributed by atoms with Gasteiger partial charge in [0.15, 0.2) is 0 Å². The molecule has 6 nitrogen and oxygen atoms in total. The summed E-state index contributed by atoms with van der Waals surface area (Å²) in [5.74, 6) is 1.41. The van der Waals surface area contributed by atoms with Gasteiger partial charge in [-0.3, -0.25) is 9.69 Å². The Hall–Kier alpha value is -2.67. The van der Waals surface area contributed by atoms with Crippen LogP contribution < -0.4 is 5.56 Å². The third-order valence-electron chi connectivity index (χ3n) is 9.13. The molecule has 5 heterocycles. The van der Waals surface area contributed by atoms with Crippen LogP contribution in [0.4, 0.5) is 0 Å². The van der Waals surface area contributed by atoms with Crippen LogP contribution in [-0.2, 0) is 34.8 Å². The van der Waals surface area contributed by atoms with Crippen molar-refractivity contribution in [2.45, 2.75) is 91.7 Å². The minimum Gasteiger partial charge on any atom is -0.494 e. The number of benzene rings is 1. The lowest BCUT2D eigenvalue weighted by molar-refractivity contribution is -0.0916. The van der Waals surface area contributed by atoms with E-state index in [2.05, 4.69) is 37.5 Å². The molecular formula is C33H40ClN3O3. The Kier molecular flexibility index (Phi) is 7.09. The van der Waals surface area contributed by atoms with Crippen LogP contribution in [0.3, 0.4) is 0 Å². The molecule has 0 unspecified atom stereocenters. The van der Waals surface area contributed by atoms with Gasteiger partial charge in [-0.15, -0.1) is 0 Å². The summed E-state index contributed by atoms with van der Waals surface area (Å²) < 4.78 is 14.5. The Morgan fingerprint density at radius 1 is 1.23 bits per heavy atom. The second-order valence-corrected chi connectivity index (χ2v) is 12.7. The van der Waals surface area contributed by atoms with Crippen molar-refractivity contribution < 1.29 is 9.47 Å². The molecule has 0 aliphatic carbocycles. The predicted octanol–water partition coefficient (Wildman–Crippen LogP) is 7.08. The molecule has 1 atom stereocenters. The van der Waals surface area contributed by atoms with E-state index in [4.69, 9.17) is 26.1 Å². The molecule has 2 aromatic heterocycles. The molecule has 3 aliphatic heterocycles. The molecule has 3 aliphatic rings. The molecule has 6 rings (SSSR count). The molecular weight excluding hydrogens is 522 g/mol. The average molecular weight is 562 g/mol. The van der Waals surface area contributed by atoms with E-state index in [-0.39, 0.29) is 18.3 Å². The zero-order valence-electron chi connectivity index (χ0n) is 24.4. The highest BCUT2D eigenvalue weighted by Crippen LogP contribution is 2.44. The van der Waals surface area contributed by atoms with Crippen LogP contribution in [0.25, 0.3) is 22.3 Å². The smallest absolute Gasteiger partial charge is 0.258 e. The Labute approximate surface area is 241 Å². The lowest BCUT2D eigenvalue weighted by Gasteiger charge is -2.35. The first-order valence-electron chi connectivity index (χ1n) is 14.7. The molecule has 0 radical (unpaired) electrons. The fourth-order valence-electron chi connectivity index (χ4n) is 6.85. The quantitative estimate of drug-likeness (QED) is 0.260. The van der Waals surface area contributed by atoms with Crippen molar-refractivity contribution in [1.82, 2.24) is 14.5 Å². The first kappa shape index (κ1) is 27.5. The van der Waals surface area contributed by atoms with E-state index in [0.717, 1.165) is 64.5 Å².